The lowest BCUT2D eigenvalue weighted by Gasteiger charge is -2.67. The molecular formula is C41H47NO19. The summed E-state index contributed by atoms with van der Waals surface area (Å²) in [5.74, 6) is -10.8. The van der Waals surface area contributed by atoms with Gasteiger partial charge >= 0.3 is 47.8 Å². The second-order valence-corrected chi connectivity index (χ2v) is 16.1. The number of esters is 8. The predicted octanol–water partition coefficient (Wildman–Crippen LogP) is 1.75. The Morgan fingerprint density at radius 3 is 2.05 bits per heavy atom. The number of pyridine rings is 1. The highest BCUT2D eigenvalue weighted by atomic mass is 16.7. The van der Waals surface area contributed by atoms with Crippen LogP contribution in [0.2, 0.25) is 0 Å². The van der Waals surface area contributed by atoms with E-state index in [1.165, 1.54) is 38.2 Å². The summed E-state index contributed by atoms with van der Waals surface area (Å²) < 4.78 is 60.1. The van der Waals surface area contributed by atoms with Crippen LogP contribution in [0.3, 0.4) is 0 Å². The molecule has 20 heteroatoms. The number of fused-ring (bicyclic) bond motifs is 5. The highest BCUT2D eigenvalue weighted by Crippen LogP contribution is 2.70. The third kappa shape index (κ3) is 7.59. The van der Waals surface area contributed by atoms with E-state index in [0.717, 1.165) is 54.1 Å². The van der Waals surface area contributed by atoms with E-state index in [-0.39, 0.29) is 29.7 Å². The Morgan fingerprint density at radius 2 is 1.46 bits per heavy atom. The van der Waals surface area contributed by atoms with Crippen molar-refractivity contribution in [1.29, 1.82) is 0 Å². The molecule has 0 aromatic carbocycles. The third-order valence-corrected chi connectivity index (χ3v) is 11.8. The largest absolute Gasteiger partial charge is 0.472 e. The zero-order valence-corrected chi connectivity index (χ0v) is 34.7. The lowest BCUT2D eigenvalue weighted by atomic mass is 9.45. The maximum Gasteiger partial charge on any atom is 0.341 e. The quantitative estimate of drug-likeness (QED) is 0.293. The van der Waals surface area contributed by atoms with Crippen molar-refractivity contribution in [3.63, 3.8) is 0 Å². The second-order valence-electron chi connectivity index (χ2n) is 16.1. The van der Waals surface area contributed by atoms with E-state index in [2.05, 4.69) is 4.98 Å². The molecule has 2 aromatic heterocycles. The van der Waals surface area contributed by atoms with E-state index in [1.807, 2.05) is 0 Å². The van der Waals surface area contributed by atoms with Crippen LogP contribution in [0.5, 0.6) is 0 Å². The first kappa shape index (κ1) is 44.7. The molecule has 2 saturated carbocycles. The van der Waals surface area contributed by atoms with Gasteiger partial charge in [-0.15, -0.1) is 0 Å². The van der Waals surface area contributed by atoms with Crippen molar-refractivity contribution in [3.05, 3.63) is 53.7 Å². The van der Waals surface area contributed by atoms with E-state index >= 15 is 0 Å². The molecule has 4 aliphatic rings. The molecule has 61 heavy (non-hydrogen) atoms. The second kappa shape index (κ2) is 16.5. The molecule has 12 atom stereocenters. The Labute approximate surface area is 348 Å². The van der Waals surface area contributed by atoms with Crippen LogP contribution >= 0.6 is 0 Å². The van der Waals surface area contributed by atoms with Crippen LogP contribution < -0.4 is 0 Å². The van der Waals surface area contributed by atoms with Gasteiger partial charge in [-0.1, -0.05) is 6.92 Å². The number of aliphatic hydroxyl groups is 1. The number of carbonyl (C=O) groups excluding carboxylic acids is 8. The minimum absolute atomic E-state index is 0.0163. The van der Waals surface area contributed by atoms with Crippen molar-refractivity contribution in [2.45, 2.75) is 122 Å². The molecular weight excluding hydrogens is 810 g/mol. The maximum absolute atomic E-state index is 14.3. The third-order valence-electron chi connectivity index (χ3n) is 11.8. The molecule has 2 aromatic rings. The molecule has 1 saturated heterocycles. The minimum Gasteiger partial charge on any atom is -0.472 e. The Morgan fingerprint density at radius 1 is 0.836 bits per heavy atom. The number of hydrogen-bond acceptors (Lipinski definition) is 20. The van der Waals surface area contributed by atoms with Crippen LogP contribution in [0.4, 0.5) is 0 Å². The summed E-state index contributed by atoms with van der Waals surface area (Å²) >= 11 is 0. The average molecular weight is 858 g/mol. The zero-order chi connectivity index (χ0) is 44.8. The average Bonchev–Trinajstić information content (AvgIpc) is 3.79. The van der Waals surface area contributed by atoms with Gasteiger partial charge in [0.25, 0.3) is 0 Å². The lowest BCUT2D eigenvalue weighted by molar-refractivity contribution is -0.386. The first-order valence-corrected chi connectivity index (χ1v) is 19.4. The number of nitrogens with zero attached hydrogens (tertiary/aromatic N) is 1. The van der Waals surface area contributed by atoms with Crippen molar-refractivity contribution in [3.8, 4) is 0 Å². The van der Waals surface area contributed by atoms with Gasteiger partial charge in [0.2, 0.25) is 0 Å². The fourth-order valence-corrected chi connectivity index (χ4v) is 9.54. The van der Waals surface area contributed by atoms with E-state index < -0.39 is 132 Å². The van der Waals surface area contributed by atoms with Gasteiger partial charge in [-0.3, -0.25) is 33.8 Å². The number of hydrogen-bond donors (Lipinski definition) is 1. The van der Waals surface area contributed by atoms with Crippen molar-refractivity contribution in [2.75, 3.05) is 13.2 Å². The molecule has 2 aliphatic heterocycles. The van der Waals surface area contributed by atoms with Gasteiger partial charge in [-0.2, -0.15) is 0 Å². The highest BCUT2D eigenvalue weighted by Gasteiger charge is 2.92. The van der Waals surface area contributed by atoms with Gasteiger partial charge in [-0.25, -0.2) is 9.59 Å². The Balaban J connectivity index is 1.77. The molecule has 1 spiro atoms. The van der Waals surface area contributed by atoms with Crippen LogP contribution in [0.1, 0.15) is 88.2 Å². The normalized spacial score (nSPS) is 35.4. The predicted molar refractivity (Wildman–Crippen MR) is 197 cm³/mol. The molecule has 0 amide bonds. The number of aromatic nitrogens is 1. The summed E-state index contributed by atoms with van der Waals surface area (Å²) in [5, 5.41) is 13.6. The number of furan rings is 1. The van der Waals surface area contributed by atoms with Crippen molar-refractivity contribution >= 4 is 47.8 Å². The number of rotatable bonds is 8. The van der Waals surface area contributed by atoms with Gasteiger partial charge in [0.1, 0.15) is 48.3 Å². The molecule has 1 N–H and O–H groups in total. The molecule has 6 rings (SSSR count). The number of aryl methyl sites for hydroxylation is 1. The molecule has 4 heterocycles. The maximum atomic E-state index is 14.3. The molecule has 0 radical (unpaired) electrons. The number of ether oxygens (including phenoxy) is 9. The van der Waals surface area contributed by atoms with Gasteiger partial charge in [0.05, 0.1) is 34.9 Å². The topological polar surface area (TPSA) is 266 Å². The first-order chi connectivity index (χ1) is 28.6. The van der Waals surface area contributed by atoms with Crippen molar-refractivity contribution in [1.82, 2.24) is 4.98 Å². The molecule has 20 nitrogen and oxygen atoms in total. The van der Waals surface area contributed by atoms with Crippen LogP contribution in [-0.4, -0.2) is 124 Å². The molecule has 2 aliphatic carbocycles. The molecule has 12 unspecified atom stereocenters. The van der Waals surface area contributed by atoms with Crippen LogP contribution in [-0.2, 0) is 77.8 Å². The summed E-state index contributed by atoms with van der Waals surface area (Å²) in [6, 6.07) is 4.17. The van der Waals surface area contributed by atoms with Crippen molar-refractivity contribution < 1.29 is 90.5 Å². The zero-order valence-electron chi connectivity index (χ0n) is 34.7. The van der Waals surface area contributed by atoms with Gasteiger partial charge < -0.3 is 52.2 Å². The van der Waals surface area contributed by atoms with E-state index in [4.69, 9.17) is 47.0 Å². The minimum atomic E-state index is -2.87. The summed E-state index contributed by atoms with van der Waals surface area (Å²) in [6.07, 6.45) is -8.59. The summed E-state index contributed by atoms with van der Waals surface area (Å²) in [5.41, 5.74) is -10.3. The summed E-state index contributed by atoms with van der Waals surface area (Å²) in [6.45, 7) is 7.05. The molecule has 4 bridgehead atoms. The fraction of sp³-hybridized carbons (Fsp3) is 0.585. The van der Waals surface area contributed by atoms with Crippen molar-refractivity contribution in [2.24, 2.45) is 17.3 Å². The van der Waals surface area contributed by atoms with Gasteiger partial charge in [0.15, 0.2) is 30.0 Å². The first-order valence-electron chi connectivity index (χ1n) is 19.4. The molecule has 330 valence electrons. The Bertz CT molecular complexity index is 2100. The Kier molecular flexibility index (Phi) is 12.1. The van der Waals surface area contributed by atoms with Gasteiger partial charge in [0, 0.05) is 40.8 Å². The number of cyclic esters (lactones) is 1. The SMILES string of the molecule is CC(=O)OCC12C(OC(C)=O)C(OC(C)=O)C3C(OC(C)=O)C14OC3(C)COC(=O)c1cccnc1CCC(C)C(=O)OC(C(OC(=O)c1ccoc1)C2OC(C)=O)C4(C)O. The van der Waals surface area contributed by atoms with Crippen LogP contribution in [0, 0.1) is 17.3 Å². The molecule has 3 fully saturated rings. The summed E-state index contributed by atoms with van der Waals surface area (Å²) in [4.78, 5) is 113. The van der Waals surface area contributed by atoms with Crippen LogP contribution in [0.15, 0.2) is 41.3 Å². The van der Waals surface area contributed by atoms with Crippen LogP contribution in [0.25, 0.3) is 0 Å². The summed E-state index contributed by atoms with van der Waals surface area (Å²) in [7, 11) is 0. The van der Waals surface area contributed by atoms with E-state index in [1.54, 1.807) is 0 Å². The standard InChI is InChI=1S/C41H47NO19/c1-19-11-12-27-26(10-9-14-42-27)37(50)54-17-38(7)28-29(55-21(3)44)33(57-23(5)46)40(18-53-20(2)43)34(58-24(6)47)30(59-36(49)25-13-15-52-16-25)32(60-35(19)48)39(8,51)41(40,61-38)31(28)56-22(4)45/h9-10,13-16,19,28-34,51H,11-12,17-18H2,1-8H3. The highest BCUT2D eigenvalue weighted by molar-refractivity contribution is 5.91. The van der Waals surface area contributed by atoms with E-state index in [9.17, 15) is 43.5 Å². The monoisotopic (exact) mass is 857 g/mol. The number of carbonyl (C=O) groups is 8. The fourth-order valence-electron chi connectivity index (χ4n) is 9.54. The van der Waals surface area contributed by atoms with Gasteiger partial charge in [-0.05, 0) is 44.9 Å². The lowest BCUT2D eigenvalue weighted by Crippen LogP contribution is -2.89. The van der Waals surface area contributed by atoms with E-state index in [0.29, 0.717) is 0 Å². The smallest absolute Gasteiger partial charge is 0.341 e. The Hall–Kier alpha value is -5.89.